The Labute approximate surface area is 68.1 Å². The van der Waals surface area contributed by atoms with E-state index in [0.29, 0.717) is 6.00 Å². The minimum Gasteiger partial charge on any atom is -0.330 e. The number of hydrogen-bond donors (Lipinski definition) is 2. The Morgan fingerprint density at radius 3 is 2.40 bits per heavy atom. The summed E-state index contributed by atoms with van der Waals surface area (Å²) in [5, 5.41) is 3.06. The van der Waals surface area contributed by atoms with Crippen molar-refractivity contribution in [2.24, 2.45) is 5.73 Å². The van der Waals surface area contributed by atoms with Crippen LogP contribution in [-0.2, 0) is 0 Å². The maximum atomic E-state index is 5.41. The molecule has 0 aromatic heterocycles. The van der Waals surface area contributed by atoms with E-state index >= 15 is 0 Å². The van der Waals surface area contributed by atoms with Crippen molar-refractivity contribution in [1.29, 1.82) is 0 Å². The molecule has 0 atom stereocenters. The van der Waals surface area contributed by atoms with Crippen LogP contribution in [0.3, 0.4) is 0 Å². The summed E-state index contributed by atoms with van der Waals surface area (Å²) in [6.07, 6.45) is 4.88. The van der Waals surface area contributed by atoms with Crippen molar-refractivity contribution in [3.8, 4) is 0 Å². The first-order chi connectivity index (χ1) is 4.91. The number of hydrogen-bond acceptors (Lipinski definition) is 2. The molecule has 0 aliphatic rings. The Balaban J connectivity index is 2.65. The van der Waals surface area contributed by atoms with Gasteiger partial charge in [0.25, 0.3) is 0 Å². The maximum absolute atomic E-state index is 5.41. The second-order valence-corrected chi connectivity index (χ2v) is 2.60. The zero-order chi connectivity index (χ0) is 7.66. The largest absolute Gasteiger partial charge is 0.330 e. The predicted octanol–water partition coefficient (Wildman–Crippen LogP) is 1.29. The van der Waals surface area contributed by atoms with E-state index in [-0.39, 0.29) is 0 Å². The molecule has 0 unspecified atom stereocenters. The Hall–Kier alpha value is 0.210. The number of alkyl halides is 1. The Kier molecular flexibility index (Phi) is 9.40. The third-order valence-electron chi connectivity index (χ3n) is 1.40. The fraction of sp³-hybridized carbons (Fsp3) is 1.00. The van der Waals surface area contributed by atoms with Crippen LogP contribution in [-0.4, -0.2) is 19.1 Å². The molecule has 0 rings (SSSR count). The van der Waals surface area contributed by atoms with Crippen LogP contribution >= 0.6 is 11.6 Å². The van der Waals surface area contributed by atoms with Gasteiger partial charge in [-0.15, -0.1) is 11.6 Å². The quantitative estimate of drug-likeness (QED) is 0.338. The van der Waals surface area contributed by atoms with Crippen LogP contribution in [0.15, 0.2) is 0 Å². The van der Waals surface area contributed by atoms with Gasteiger partial charge < -0.3 is 11.1 Å². The topological polar surface area (TPSA) is 38.0 Å². The summed E-state index contributed by atoms with van der Waals surface area (Å²) >= 11 is 5.41. The standard InChI is InChI=1S/C7H17ClN2/c8-7-10-6-4-2-1-3-5-9/h10H,1-7,9H2. The van der Waals surface area contributed by atoms with Crippen molar-refractivity contribution in [2.75, 3.05) is 19.1 Å². The highest BCUT2D eigenvalue weighted by molar-refractivity contribution is 6.17. The molecule has 2 nitrogen and oxygen atoms in total. The van der Waals surface area contributed by atoms with E-state index in [0.717, 1.165) is 19.5 Å². The fourth-order valence-electron chi connectivity index (χ4n) is 0.815. The van der Waals surface area contributed by atoms with Crippen LogP contribution in [0.4, 0.5) is 0 Å². The van der Waals surface area contributed by atoms with Crippen molar-refractivity contribution >= 4 is 11.6 Å². The van der Waals surface area contributed by atoms with Crippen LogP contribution in [0.1, 0.15) is 25.7 Å². The first-order valence-electron chi connectivity index (χ1n) is 3.88. The minimum absolute atomic E-state index is 0.566. The summed E-state index contributed by atoms with van der Waals surface area (Å²) < 4.78 is 0. The zero-order valence-electron chi connectivity index (χ0n) is 6.41. The van der Waals surface area contributed by atoms with Crippen LogP contribution in [0.25, 0.3) is 0 Å². The summed E-state index contributed by atoms with van der Waals surface area (Å²) in [6.45, 7) is 1.86. The number of nitrogens with one attached hydrogen (secondary N) is 1. The van der Waals surface area contributed by atoms with Gasteiger partial charge in [0.15, 0.2) is 0 Å². The highest BCUT2D eigenvalue weighted by Crippen LogP contribution is 1.96. The van der Waals surface area contributed by atoms with Crippen molar-refractivity contribution in [3.05, 3.63) is 0 Å². The molecule has 0 saturated heterocycles. The van der Waals surface area contributed by atoms with E-state index in [4.69, 9.17) is 17.3 Å². The van der Waals surface area contributed by atoms with Gasteiger partial charge in [0.05, 0.1) is 6.00 Å². The minimum atomic E-state index is 0.566. The van der Waals surface area contributed by atoms with Gasteiger partial charge in [0.2, 0.25) is 0 Å². The smallest absolute Gasteiger partial charge is 0.0713 e. The molecule has 0 aromatic rings. The van der Waals surface area contributed by atoms with Crippen molar-refractivity contribution in [2.45, 2.75) is 25.7 Å². The molecule has 0 spiro atoms. The highest BCUT2D eigenvalue weighted by atomic mass is 35.5. The lowest BCUT2D eigenvalue weighted by atomic mass is 10.2. The van der Waals surface area contributed by atoms with E-state index in [1.807, 2.05) is 0 Å². The SMILES string of the molecule is NCCCCCCNCCl. The molecule has 0 bridgehead atoms. The van der Waals surface area contributed by atoms with Crippen LogP contribution in [0, 0.1) is 0 Å². The van der Waals surface area contributed by atoms with E-state index in [9.17, 15) is 0 Å². The highest BCUT2D eigenvalue weighted by Gasteiger charge is 1.86. The first kappa shape index (κ1) is 10.2. The summed E-state index contributed by atoms with van der Waals surface area (Å²) in [6, 6.07) is 0.566. The van der Waals surface area contributed by atoms with Crippen molar-refractivity contribution in [1.82, 2.24) is 5.32 Å². The lowest BCUT2D eigenvalue weighted by Gasteiger charge is -1.99. The molecule has 0 amide bonds. The van der Waals surface area contributed by atoms with Crippen LogP contribution in [0.2, 0.25) is 0 Å². The van der Waals surface area contributed by atoms with Crippen molar-refractivity contribution < 1.29 is 0 Å². The van der Waals surface area contributed by atoms with Crippen LogP contribution in [0.5, 0.6) is 0 Å². The van der Waals surface area contributed by atoms with Crippen molar-refractivity contribution in [3.63, 3.8) is 0 Å². The zero-order valence-corrected chi connectivity index (χ0v) is 7.16. The summed E-state index contributed by atoms with van der Waals surface area (Å²) in [4.78, 5) is 0. The molecule has 0 aromatic carbocycles. The second-order valence-electron chi connectivity index (χ2n) is 2.34. The summed E-state index contributed by atoms with van der Waals surface area (Å²) in [7, 11) is 0. The van der Waals surface area contributed by atoms with Gasteiger partial charge in [-0.3, -0.25) is 0 Å². The first-order valence-corrected chi connectivity index (χ1v) is 4.42. The van der Waals surface area contributed by atoms with Gasteiger partial charge >= 0.3 is 0 Å². The monoisotopic (exact) mass is 164 g/mol. The molecule has 62 valence electrons. The van der Waals surface area contributed by atoms with E-state index in [1.54, 1.807) is 0 Å². The number of halogens is 1. The Morgan fingerprint density at radius 2 is 1.80 bits per heavy atom. The van der Waals surface area contributed by atoms with Gasteiger partial charge in [-0.1, -0.05) is 12.8 Å². The number of unbranched alkanes of at least 4 members (excludes halogenated alkanes) is 3. The Bertz CT molecular complexity index is 51.6. The van der Waals surface area contributed by atoms with Gasteiger partial charge in [-0.25, -0.2) is 0 Å². The van der Waals surface area contributed by atoms with Gasteiger partial charge in [-0.2, -0.15) is 0 Å². The third kappa shape index (κ3) is 8.21. The molecule has 0 aliphatic carbocycles. The lowest BCUT2D eigenvalue weighted by molar-refractivity contribution is 0.616. The molecule has 3 heteroatoms. The second kappa shape index (κ2) is 9.21. The molecule has 0 saturated carbocycles. The molecule has 0 heterocycles. The molecule has 10 heavy (non-hydrogen) atoms. The third-order valence-corrected chi connectivity index (χ3v) is 1.59. The lowest BCUT2D eigenvalue weighted by Crippen LogP contribution is -2.12. The Morgan fingerprint density at radius 1 is 1.10 bits per heavy atom. The van der Waals surface area contributed by atoms with E-state index in [2.05, 4.69) is 5.32 Å². The fourth-order valence-corrected chi connectivity index (χ4v) is 0.948. The summed E-state index contributed by atoms with van der Waals surface area (Å²) in [5.74, 6) is 0. The van der Waals surface area contributed by atoms with Gasteiger partial charge in [0.1, 0.15) is 0 Å². The van der Waals surface area contributed by atoms with Gasteiger partial charge in [-0.05, 0) is 25.9 Å². The molecule has 0 radical (unpaired) electrons. The van der Waals surface area contributed by atoms with Gasteiger partial charge in [0, 0.05) is 0 Å². The molecular weight excluding hydrogens is 148 g/mol. The summed E-state index contributed by atoms with van der Waals surface area (Å²) in [5.41, 5.74) is 5.33. The van der Waals surface area contributed by atoms with E-state index < -0.39 is 0 Å². The predicted molar refractivity (Wildman–Crippen MR) is 46.2 cm³/mol. The number of rotatable bonds is 7. The number of nitrogens with two attached hydrogens (primary N) is 1. The molecular formula is C7H17ClN2. The van der Waals surface area contributed by atoms with E-state index in [1.165, 1.54) is 19.3 Å². The normalized spacial score (nSPS) is 10.2. The van der Waals surface area contributed by atoms with Crippen LogP contribution < -0.4 is 11.1 Å². The average molecular weight is 165 g/mol. The molecule has 0 fully saturated rings. The molecule has 3 N–H and O–H groups in total. The average Bonchev–Trinajstić information content (AvgIpc) is 1.97. The maximum Gasteiger partial charge on any atom is 0.0713 e. The molecule has 0 aliphatic heterocycles.